The Morgan fingerprint density at radius 2 is 1.96 bits per heavy atom. The summed E-state index contributed by atoms with van der Waals surface area (Å²) in [4.78, 5) is 21.5. The summed E-state index contributed by atoms with van der Waals surface area (Å²) >= 11 is 0. The maximum atomic E-state index is 12.8. The number of carbonyl (C=O) groups is 1. The van der Waals surface area contributed by atoms with Crippen LogP contribution in [0.4, 0.5) is 4.79 Å². The number of pyridine rings is 1. The van der Waals surface area contributed by atoms with Gasteiger partial charge in [-0.15, -0.1) is 0 Å². The minimum atomic E-state index is 0.0500. The number of H-pyrrole nitrogens is 1. The minimum Gasteiger partial charge on any atom is -0.336 e. The van der Waals surface area contributed by atoms with Crippen molar-refractivity contribution in [1.29, 1.82) is 0 Å². The fourth-order valence-corrected chi connectivity index (χ4v) is 4.44. The van der Waals surface area contributed by atoms with Gasteiger partial charge < -0.3 is 10.2 Å². The average Bonchev–Trinajstić information content (AvgIpc) is 3.30. The van der Waals surface area contributed by atoms with Gasteiger partial charge in [-0.2, -0.15) is 5.10 Å². The van der Waals surface area contributed by atoms with Crippen molar-refractivity contribution in [2.45, 2.75) is 44.1 Å². The molecule has 7 heteroatoms. The summed E-state index contributed by atoms with van der Waals surface area (Å²) in [5.41, 5.74) is 2.37. The number of rotatable bonds is 5. The largest absolute Gasteiger partial charge is 0.336 e. The standard InChI is InChI=1S/C21H30N6O/c28-21(27-13-7-17(8-14-27)19-6-10-24-25-19)23-16-20(18-5-4-9-22-15-18)26-11-2-1-3-12-26/h4-6,9-10,15,17,20H,1-3,7-8,11-14,16H2,(H,23,28)(H,24,25)/t20-/m0/s1. The van der Waals surface area contributed by atoms with Crippen LogP contribution in [0.2, 0.25) is 0 Å². The van der Waals surface area contributed by atoms with Gasteiger partial charge in [0.1, 0.15) is 0 Å². The molecule has 2 amide bonds. The van der Waals surface area contributed by atoms with Gasteiger partial charge in [-0.05, 0) is 56.5 Å². The highest BCUT2D eigenvalue weighted by molar-refractivity contribution is 5.74. The average molecular weight is 383 g/mol. The predicted molar refractivity (Wildman–Crippen MR) is 108 cm³/mol. The lowest BCUT2D eigenvalue weighted by molar-refractivity contribution is 0.150. The molecule has 2 aliphatic heterocycles. The molecular formula is C21H30N6O. The number of carbonyl (C=O) groups excluding carboxylic acids is 1. The first-order valence-electron chi connectivity index (χ1n) is 10.5. The lowest BCUT2D eigenvalue weighted by Crippen LogP contribution is -2.47. The third kappa shape index (κ3) is 4.52. The van der Waals surface area contributed by atoms with Crippen molar-refractivity contribution in [3.8, 4) is 0 Å². The van der Waals surface area contributed by atoms with E-state index in [4.69, 9.17) is 0 Å². The SMILES string of the molecule is O=C(NC[C@@H](c1cccnc1)N1CCCCC1)N1CCC(c2ccn[nH]2)CC1. The maximum absolute atomic E-state index is 12.8. The predicted octanol–water partition coefficient (Wildman–Crippen LogP) is 2.92. The van der Waals surface area contributed by atoms with Gasteiger partial charge in [-0.1, -0.05) is 12.5 Å². The zero-order chi connectivity index (χ0) is 19.2. The van der Waals surface area contributed by atoms with Crippen LogP contribution in [0.25, 0.3) is 0 Å². The molecule has 0 spiro atoms. The summed E-state index contributed by atoms with van der Waals surface area (Å²) in [6.45, 7) is 4.38. The van der Waals surface area contributed by atoms with E-state index >= 15 is 0 Å². The quantitative estimate of drug-likeness (QED) is 0.834. The van der Waals surface area contributed by atoms with E-state index in [0.29, 0.717) is 12.5 Å². The Labute approximate surface area is 166 Å². The van der Waals surface area contributed by atoms with Crippen LogP contribution in [-0.4, -0.2) is 63.7 Å². The fraction of sp³-hybridized carbons (Fsp3) is 0.571. The van der Waals surface area contributed by atoms with Crippen LogP contribution in [0.3, 0.4) is 0 Å². The van der Waals surface area contributed by atoms with Crippen molar-refractivity contribution in [3.63, 3.8) is 0 Å². The summed E-state index contributed by atoms with van der Waals surface area (Å²) < 4.78 is 0. The number of likely N-dealkylation sites (tertiary alicyclic amines) is 2. The highest BCUT2D eigenvalue weighted by Crippen LogP contribution is 2.27. The van der Waals surface area contributed by atoms with E-state index in [1.807, 2.05) is 23.2 Å². The van der Waals surface area contributed by atoms with E-state index in [1.54, 1.807) is 12.4 Å². The van der Waals surface area contributed by atoms with Crippen LogP contribution in [0.1, 0.15) is 55.3 Å². The molecule has 0 bridgehead atoms. The molecular weight excluding hydrogens is 352 g/mol. The molecule has 2 fully saturated rings. The molecule has 4 heterocycles. The number of piperidine rings is 2. The number of hydrogen-bond donors (Lipinski definition) is 2. The molecule has 1 atom stereocenters. The van der Waals surface area contributed by atoms with Crippen LogP contribution in [0, 0.1) is 0 Å². The van der Waals surface area contributed by atoms with Crippen LogP contribution in [0.15, 0.2) is 36.8 Å². The molecule has 0 saturated carbocycles. The number of aromatic amines is 1. The van der Waals surface area contributed by atoms with Crippen LogP contribution >= 0.6 is 0 Å². The zero-order valence-corrected chi connectivity index (χ0v) is 16.4. The second-order valence-electron chi connectivity index (χ2n) is 7.86. The van der Waals surface area contributed by atoms with E-state index in [2.05, 4.69) is 31.5 Å². The number of nitrogens with zero attached hydrogens (tertiary/aromatic N) is 4. The Hall–Kier alpha value is -2.41. The second-order valence-corrected chi connectivity index (χ2v) is 7.86. The molecule has 2 N–H and O–H groups in total. The van der Waals surface area contributed by atoms with Crippen LogP contribution in [0.5, 0.6) is 0 Å². The van der Waals surface area contributed by atoms with E-state index in [0.717, 1.165) is 39.0 Å². The van der Waals surface area contributed by atoms with Crippen molar-refractivity contribution in [2.75, 3.05) is 32.7 Å². The third-order valence-corrected chi connectivity index (χ3v) is 6.09. The Bertz CT molecular complexity index is 721. The van der Waals surface area contributed by atoms with Crippen LogP contribution in [-0.2, 0) is 0 Å². The molecule has 0 aliphatic carbocycles. The Kier molecular flexibility index (Phi) is 6.21. The number of hydrogen-bond acceptors (Lipinski definition) is 4. The molecule has 0 unspecified atom stereocenters. The van der Waals surface area contributed by atoms with Crippen molar-refractivity contribution in [1.82, 2.24) is 30.3 Å². The summed E-state index contributed by atoms with van der Waals surface area (Å²) in [6, 6.07) is 6.38. The molecule has 2 aliphatic rings. The van der Waals surface area contributed by atoms with E-state index in [1.165, 1.54) is 30.5 Å². The van der Waals surface area contributed by atoms with Gasteiger partial charge in [0.05, 0.1) is 6.04 Å². The van der Waals surface area contributed by atoms with Crippen molar-refractivity contribution in [2.24, 2.45) is 0 Å². The van der Waals surface area contributed by atoms with E-state index in [9.17, 15) is 4.79 Å². The molecule has 150 valence electrons. The van der Waals surface area contributed by atoms with Crippen molar-refractivity contribution in [3.05, 3.63) is 48.0 Å². The molecule has 28 heavy (non-hydrogen) atoms. The summed E-state index contributed by atoms with van der Waals surface area (Å²) in [5.74, 6) is 0.475. The van der Waals surface area contributed by atoms with Gasteiger partial charge in [0, 0.05) is 49.8 Å². The van der Waals surface area contributed by atoms with Gasteiger partial charge >= 0.3 is 6.03 Å². The first-order valence-corrected chi connectivity index (χ1v) is 10.5. The van der Waals surface area contributed by atoms with E-state index in [-0.39, 0.29) is 12.1 Å². The van der Waals surface area contributed by atoms with Gasteiger partial charge in [0.25, 0.3) is 0 Å². The zero-order valence-electron chi connectivity index (χ0n) is 16.4. The molecule has 0 aromatic carbocycles. The number of nitrogens with one attached hydrogen (secondary N) is 2. The first kappa shape index (κ1) is 18.9. The topological polar surface area (TPSA) is 77.2 Å². The number of amides is 2. The van der Waals surface area contributed by atoms with Gasteiger partial charge in [-0.25, -0.2) is 4.79 Å². The maximum Gasteiger partial charge on any atom is 0.317 e. The fourth-order valence-electron chi connectivity index (χ4n) is 4.44. The summed E-state index contributed by atoms with van der Waals surface area (Å²) in [7, 11) is 0. The number of aromatic nitrogens is 3. The Morgan fingerprint density at radius 3 is 2.64 bits per heavy atom. The Morgan fingerprint density at radius 1 is 1.14 bits per heavy atom. The number of urea groups is 1. The normalized spacial score (nSPS) is 20.1. The summed E-state index contributed by atoms with van der Waals surface area (Å²) in [6.07, 6.45) is 11.3. The van der Waals surface area contributed by atoms with Crippen molar-refractivity contribution >= 4 is 6.03 Å². The lowest BCUT2D eigenvalue weighted by Gasteiger charge is -2.36. The molecule has 2 aromatic rings. The van der Waals surface area contributed by atoms with E-state index < -0.39 is 0 Å². The molecule has 4 rings (SSSR count). The minimum absolute atomic E-state index is 0.0500. The highest BCUT2D eigenvalue weighted by Gasteiger charge is 2.27. The smallest absolute Gasteiger partial charge is 0.317 e. The van der Waals surface area contributed by atoms with Crippen molar-refractivity contribution < 1.29 is 4.79 Å². The van der Waals surface area contributed by atoms with Gasteiger partial charge in [0.15, 0.2) is 0 Å². The van der Waals surface area contributed by atoms with Crippen LogP contribution < -0.4 is 5.32 Å². The van der Waals surface area contributed by atoms with Gasteiger partial charge in [-0.3, -0.25) is 15.0 Å². The third-order valence-electron chi connectivity index (χ3n) is 6.09. The Balaban J connectivity index is 1.32. The lowest BCUT2D eigenvalue weighted by atomic mass is 9.94. The van der Waals surface area contributed by atoms with Gasteiger partial charge in [0.2, 0.25) is 0 Å². The highest BCUT2D eigenvalue weighted by atomic mass is 16.2. The summed E-state index contributed by atoms with van der Waals surface area (Å²) in [5, 5.41) is 10.3. The molecule has 7 nitrogen and oxygen atoms in total. The first-order chi connectivity index (χ1) is 13.8. The monoisotopic (exact) mass is 382 g/mol. The molecule has 2 saturated heterocycles. The molecule has 0 radical (unpaired) electrons. The second kappa shape index (κ2) is 9.19. The molecule has 2 aromatic heterocycles.